The van der Waals surface area contributed by atoms with Crippen LogP contribution in [0, 0.1) is 0 Å². The molecule has 0 fully saturated rings. The van der Waals surface area contributed by atoms with Crippen molar-refractivity contribution >= 4 is 21.8 Å². The van der Waals surface area contributed by atoms with Crippen molar-refractivity contribution < 1.29 is 15.0 Å². The second-order valence-electron chi connectivity index (χ2n) is 4.04. The van der Waals surface area contributed by atoms with Gasteiger partial charge in [-0.1, -0.05) is 13.3 Å². The zero-order valence-electron chi connectivity index (χ0n) is 10.4. The summed E-state index contributed by atoms with van der Waals surface area (Å²) < 4.78 is 0.557. The third-order valence-corrected chi connectivity index (χ3v) is 3.30. The minimum Gasteiger partial charge on any atom is -0.507 e. The molecule has 0 unspecified atom stereocenters. The topological polar surface area (TPSA) is 60.8 Å². The van der Waals surface area contributed by atoms with Crippen molar-refractivity contribution in [2.45, 2.75) is 19.8 Å². The summed E-state index contributed by atoms with van der Waals surface area (Å²) in [5.41, 5.74) is 0.431. The third-order valence-electron chi connectivity index (χ3n) is 2.63. The highest BCUT2D eigenvalue weighted by molar-refractivity contribution is 9.10. The monoisotopic (exact) mass is 315 g/mol. The van der Waals surface area contributed by atoms with E-state index in [2.05, 4.69) is 15.9 Å². The van der Waals surface area contributed by atoms with E-state index in [1.54, 1.807) is 17.0 Å². The van der Waals surface area contributed by atoms with Gasteiger partial charge in [-0.05, 0) is 40.5 Å². The molecule has 0 radical (unpaired) electrons. The fourth-order valence-corrected chi connectivity index (χ4v) is 1.86. The molecule has 0 aliphatic carbocycles. The minimum absolute atomic E-state index is 0.0419. The standard InChI is InChI=1S/C13H18BrNO3/c1-2-3-6-15(7-8-16)13(18)10-4-5-11(14)12(17)9-10/h4-5,9,16-17H,2-3,6-8H2,1H3. The highest BCUT2D eigenvalue weighted by Crippen LogP contribution is 2.24. The summed E-state index contributed by atoms with van der Waals surface area (Å²) in [5.74, 6) is -0.124. The van der Waals surface area contributed by atoms with Gasteiger partial charge in [-0.2, -0.15) is 0 Å². The highest BCUT2D eigenvalue weighted by Gasteiger charge is 2.15. The molecule has 0 spiro atoms. The molecule has 1 aromatic carbocycles. The van der Waals surface area contributed by atoms with Crippen LogP contribution in [0.2, 0.25) is 0 Å². The average Bonchev–Trinajstić information content (AvgIpc) is 2.37. The zero-order chi connectivity index (χ0) is 13.5. The van der Waals surface area contributed by atoms with E-state index in [1.165, 1.54) is 6.07 Å². The van der Waals surface area contributed by atoms with Gasteiger partial charge in [0.05, 0.1) is 11.1 Å². The van der Waals surface area contributed by atoms with Crippen LogP contribution in [0.4, 0.5) is 0 Å². The summed E-state index contributed by atoms with van der Waals surface area (Å²) in [6.45, 7) is 2.92. The van der Waals surface area contributed by atoms with Gasteiger partial charge in [0.2, 0.25) is 0 Å². The molecule has 5 heteroatoms. The zero-order valence-corrected chi connectivity index (χ0v) is 12.0. The summed E-state index contributed by atoms with van der Waals surface area (Å²) in [4.78, 5) is 13.8. The van der Waals surface area contributed by atoms with E-state index in [0.29, 0.717) is 23.1 Å². The van der Waals surface area contributed by atoms with E-state index in [0.717, 1.165) is 12.8 Å². The first-order valence-electron chi connectivity index (χ1n) is 5.98. The van der Waals surface area contributed by atoms with Crippen LogP contribution in [0.15, 0.2) is 22.7 Å². The molecule has 18 heavy (non-hydrogen) atoms. The fourth-order valence-electron chi connectivity index (χ4n) is 1.61. The number of phenolic OH excluding ortho intramolecular Hbond substituents is 1. The number of hydrogen-bond acceptors (Lipinski definition) is 3. The van der Waals surface area contributed by atoms with Crippen molar-refractivity contribution in [2.24, 2.45) is 0 Å². The highest BCUT2D eigenvalue weighted by atomic mass is 79.9. The van der Waals surface area contributed by atoms with E-state index < -0.39 is 0 Å². The number of halogens is 1. The Bertz CT molecular complexity index is 409. The number of amides is 1. The van der Waals surface area contributed by atoms with Crippen molar-refractivity contribution in [2.75, 3.05) is 19.7 Å². The Balaban J connectivity index is 2.83. The Hall–Kier alpha value is -1.07. The van der Waals surface area contributed by atoms with Crippen LogP contribution in [-0.2, 0) is 0 Å². The smallest absolute Gasteiger partial charge is 0.254 e. The summed E-state index contributed by atoms with van der Waals surface area (Å²) in [7, 11) is 0. The SMILES string of the molecule is CCCCN(CCO)C(=O)c1ccc(Br)c(O)c1. The molecular formula is C13H18BrNO3. The largest absolute Gasteiger partial charge is 0.507 e. The maximum Gasteiger partial charge on any atom is 0.254 e. The number of carbonyl (C=O) groups is 1. The molecule has 0 atom stereocenters. The summed E-state index contributed by atoms with van der Waals surface area (Å²) in [6.07, 6.45) is 1.88. The van der Waals surface area contributed by atoms with Gasteiger partial charge in [-0.25, -0.2) is 0 Å². The van der Waals surface area contributed by atoms with Crippen molar-refractivity contribution in [3.8, 4) is 5.75 Å². The summed E-state index contributed by atoms with van der Waals surface area (Å²) >= 11 is 3.17. The number of carbonyl (C=O) groups excluding carboxylic acids is 1. The van der Waals surface area contributed by atoms with Gasteiger partial charge < -0.3 is 15.1 Å². The Morgan fingerprint density at radius 2 is 2.11 bits per heavy atom. The number of aromatic hydroxyl groups is 1. The Morgan fingerprint density at radius 1 is 1.39 bits per heavy atom. The number of rotatable bonds is 6. The Kier molecular flexibility index (Phi) is 6.15. The van der Waals surface area contributed by atoms with Crippen LogP contribution < -0.4 is 0 Å². The van der Waals surface area contributed by atoms with Crippen LogP contribution in [0.3, 0.4) is 0 Å². The molecule has 1 rings (SSSR count). The van der Waals surface area contributed by atoms with Crippen LogP contribution in [0.1, 0.15) is 30.1 Å². The second kappa shape index (κ2) is 7.38. The minimum atomic E-state index is -0.166. The van der Waals surface area contributed by atoms with Crippen LogP contribution in [-0.4, -0.2) is 40.7 Å². The molecule has 1 aromatic rings. The van der Waals surface area contributed by atoms with Gasteiger partial charge in [-0.3, -0.25) is 4.79 Å². The van der Waals surface area contributed by atoms with Gasteiger partial charge in [0.15, 0.2) is 0 Å². The number of benzene rings is 1. The second-order valence-corrected chi connectivity index (χ2v) is 4.89. The number of aliphatic hydroxyl groups excluding tert-OH is 1. The van der Waals surface area contributed by atoms with E-state index in [-0.39, 0.29) is 18.3 Å². The normalized spacial score (nSPS) is 10.4. The lowest BCUT2D eigenvalue weighted by Crippen LogP contribution is -2.34. The molecule has 0 bridgehead atoms. The van der Waals surface area contributed by atoms with Gasteiger partial charge in [0, 0.05) is 18.7 Å². The summed E-state index contributed by atoms with van der Waals surface area (Å²) in [6, 6.07) is 4.73. The van der Waals surface area contributed by atoms with Gasteiger partial charge in [0.1, 0.15) is 5.75 Å². The number of unbranched alkanes of at least 4 members (excludes halogenated alkanes) is 1. The molecular weight excluding hydrogens is 298 g/mol. The molecule has 2 N–H and O–H groups in total. The van der Waals surface area contributed by atoms with E-state index in [1.807, 2.05) is 6.92 Å². The molecule has 100 valence electrons. The van der Waals surface area contributed by atoms with Crippen molar-refractivity contribution in [3.05, 3.63) is 28.2 Å². The molecule has 4 nitrogen and oxygen atoms in total. The van der Waals surface area contributed by atoms with Crippen molar-refractivity contribution in [1.29, 1.82) is 0 Å². The molecule has 0 aliphatic rings. The Morgan fingerprint density at radius 3 is 2.67 bits per heavy atom. The number of phenols is 1. The Labute approximate surface area is 115 Å². The number of hydrogen-bond donors (Lipinski definition) is 2. The molecule has 0 aromatic heterocycles. The van der Waals surface area contributed by atoms with E-state index in [9.17, 15) is 9.90 Å². The predicted octanol–water partition coefficient (Wildman–Crippen LogP) is 2.39. The van der Waals surface area contributed by atoms with Gasteiger partial charge in [0.25, 0.3) is 5.91 Å². The lowest BCUT2D eigenvalue weighted by Gasteiger charge is -2.21. The number of nitrogens with zero attached hydrogens (tertiary/aromatic N) is 1. The predicted molar refractivity (Wildman–Crippen MR) is 73.7 cm³/mol. The van der Waals surface area contributed by atoms with Crippen LogP contribution >= 0.6 is 15.9 Å². The van der Waals surface area contributed by atoms with E-state index in [4.69, 9.17) is 5.11 Å². The first-order valence-corrected chi connectivity index (χ1v) is 6.78. The van der Waals surface area contributed by atoms with Gasteiger partial charge in [-0.15, -0.1) is 0 Å². The molecule has 1 amide bonds. The third kappa shape index (κ3) is 3.99. The van der Waals surface area contributed by atoms with E-state index >= 15 is 0 Å². The summed E-state index contributed by atoms with van der Waals surface area (Å²) in [5, 5.41) is 18.5. The average molecular weight is 316 g/mol. The van der Waals surface area contributed by atoms with Crippen LogP contribution in [0.5, 0.6) is 5.75 Å². The maximum absolute atomic E-state index is 12.2. The first-order chi connectivity index (χ1) is 8.60. The lowest BCUT2D eigenvalue weighted by molar-refractivity contribution is 0.0719. The van der Waals surface area contributed by atoms with Gasteiger partial charge >= 0.3 is 0 Å². The molecule has 0 saturated carbocycles. The first kappa shape index (κ1) is 15.0. The van der Waals surface area contributed by atoms with Crippen LogP contribution in [0.25, 0.3) is 0 Å². The quantitative estimate of drug-likeness (QED) is 0.847. The molecule has 0 aliphatic heterocycles. The molecule has 0 heterocycles. The lowest BCUT2D eigenvalue weighted by atomic mass is 10.1. The van der Waals surface area contributed by atoms with Crippen molar-refractivity contribution in [1.82, 2.24) is 4.90 Å². The number of aliphatic hydroxyl groups is 1. The maximum atomic E-state index is 12.2. The molecule has 0 saturated heterocycles. The van der Waals surface area contributed by atoms with Crippen molar-refractivity contribution in [3.63, 3.8) is 0 Å². The fraction of sp³-hybridized carbons (Fsp3) is 0.462.